The second-order valence-electron chi connectivity index (χ2n) is 6.23. The average Bonchev–Trinajstić information content (AvgIpc) is 3.28. The van der Waals surface area contributed by atoms with Gasteiger partial charge in [-0.3, -0.25) is 4.79 Å². The molecule has 3 nitrogen and oxygen atoms in total. The van der Waals surface area contributed by atoms with Crippen LogP contribution in [0.5, 0.6) is 0 Å². The fourth-order valence-corrected chi connectivity index (χ4v) is 3.34. The number of halogens is 3. The summed E-state index contributed by atoms with van der Waals surface area (Å²) in [5, 5.41) is 10.4. The van der Waals surface area contributed by atoms with Crippen molar-refractivity contribution in [1.82, 2.24) is 4.90 Å². The Morgan fingerprint density at radius 3 is 2.64 bits per heavy atom. The summed E-state index contributed by atoms with van der Waals surface area (Å²) in [6, 6.07) is 7.47. The van der Waals surface area contributed by atoms with Crippen molar-refractivity contribution in [2.45, 2.75) is 37.2 Å². The van der Waals surface area contributed by atoms with Crippen LogP contribution in [0.3, 0.4) is 0 Å². The van der Waals surface area contributed by atoms with Gasteiger partial charge in [0.05, 0.1) is 0 Å². The molecule has 1 saturated heterocycles. The number of carbonyl (C=O) groups excluding carboxylic acids is 1. The number of nitrogens with zero attached hydrogens (tertiary/aromatic N) is 1. The van der Waals surface area contributed by atoms with Gasteiger partial charge in [-0.2, -0.15) is 0 Å². The van der Waals surface area contributed by atoms with Crippen molar-refractivity contribution in [3.05, 3.63) is 34.9 Å². The topological polar surface area (TPSA) is 40.5 Å². The molecule has 1 aliphatic carbocycles. The molecule has 0 bridgehead atoms. The highest BCUT2D eigenvalue weighted by Crippen LogP contribution is 2.49. The molecular weight excluding hydrogens is 312 g/mol. The molecule has 0 radical (unpaired) electrons. The zero-order valence-corrected chi connectivity index (χ0v) is 12.8. The number of benzene rings is 1. The summed E-state index contributed by atoms with van der Waals surface area (Å²) in [5.74, 6) is 0.0830. The van der Waals surface area contributed by atoms with E-state index in [2.05, 4.69) is 0 Å². The van der Waals surface area contributed by atoms with E-state index in [1.165, 1.54) is 0 Å². The van der Waals surface area contributed by atoms with Crippen LogP contribution < -0.4 is 0 Å². The van der Waals surface area contributed by atoms with E-state index in [-0.39, 0.29) is 43.7 Å². The first-order chi connectivity index (χ1) is 10.4. The molecule has 1 aliphatic heterocycles. The summed E-state index contributed by atoms with van der Waals surface area (Å²) in [7, 11) is 0. The minimum absolute atomic E-state index is 0.00120. The Morgan fingerprint density at radius 2 is 2.05 bits per heavy atom. The van der Waals surface area contributed by atoms with Crippen LogP contribution in [0.2, 0.25) is 5.02 Å². The van der Waals surface area contributed by atoms with Gasteiger partial charge in [-0.05, 0) is 42.9 Å². The van der Waals surface area contributed by atoms with Gasteiger partial charge in [0.1, 0.15) is 5.60 Å². The van der Waals surface area contributed by atoms with Gasteiger partial charge in [0.25, 0.3) is 6.43 Å². The molecule has 0 unspecified atom stereocenters. The van der Waals surface area contributed by atoms with Crippen LogP contribution in [-0.4, -0.2) is 41.0 Å². The van der Waals surface area contributed by atoms with E-state index in [4.69, 9.17) is 11.6 Å². The second-order valence-corrected chi connectivity index (χ2v) is 6.67. The van der Waals surface area contributed by atoms with Gasteiger partial charge in [0.15, 0.2) is 0 Å². The quantitative estimate of drug-likeness (QED) is 0.926. The molecule has 2 atom stereocenters. The van der Waals surface area contributed by atoms with Gasteiger partial charge >= 0.3 is 0 Å². The van der Waals surface area contributed by atoms with Crippen LogP contribution in [0.15, 0.2) is 24.3 Å². The van der Waals surface area contributed by atoms with Crippen LogP contribution in [0.4, 0.5) is 8.78 Å². The summed E-state index contributed by atoms with van der Waals surface area (Å²) in [4.78, 5) is 14.0. The molecule has 1 aromatic carbocycles. The van der Waals surface area contributed by atoms with Crippen molar-refractivity contribution in [2.24, 2.45) is 5.92 Å². The van der Waals surface area contributed by atoms with E-state index in [1.54, 1.807) is 11.0 Å². The van der Waals surface area contributed by atoms with Crippen molar-refractivity contribution in [3.63, 3.8) is 0 Å². The Kier molecular flexibility index (Phi) is 4.12. The van der Waals surface area contributed by atoms with Crippen molar-refractivity contribution in [2.75, 3.05) is 13.1 Å². The van der Waals surface area contributed by atoms with Gasteiger partial charge in [-0.25, -0.2) is 8.78 Å². The van der Waals surface area contributed by atoms with E-state index < -0.39 is 12.0 Å². The maximum Gasteiger partial charge on any atom is 0.266 e. The van der Waals surface area contributed by atoms with Crippen LogP contribution in [-0.2, 0) is 4.79 Å². The number of aliphatic hydroxyl groups is 1. The van der Waals surface area contributed by atoms with Crippen LogP contribution in [0, 0.1) is 5.92 Å². The lowest BCUT2D eigenvalue weighted by Gasteiger charge is -2.37. The van der Waals surface area contributed by atoms with Crippen LogP contribution in [0.1, 0.15) is 30.7 Å². The lowest BCUT2D eigenvalue weighted by molar-refractivity contribution is -0.148. The first-order valence-corrected chi connectivity index (χ1v) is 7.83. The van der Waals surface area contributed by atoms with E-state index in [9.17, 15) is 18.7 Å². The number of carbonyl (C=O) groups is 1. The fraction of sp³-hybridized carbons (Fsp3) is 0.562. The highest BCUT2D eigenvalue weighted by atomic mass is 35.5. The number of rotatable bonds is 3. The summed E-state index contributed by atoms with van der Waals surface area (Å²) < 4.78 is 25.5. The molecule has 1 amide bonds. The van der Waals surface area contributed by atoms with E-state index >= 15 is 0 Å². The van der Waals surface area contributed by atoms with Gasteiger partial charge in [-0.1, -0.05) is 23.7 Å². The van der Waals surface area contributed by atoms with Gasteiger partial charge in [0, 0.05) is 24.0 Å². The van der Waals surface area contributed by atoms with E-state index in [0.29, 0.717) is 5.02 Å². The number of piperidine rings is 1. The highest BCUT2D eigenvalue weighted by Gasteiger charge is 2.48. The second kappa shape index (κ2) is 5.78. The molecule has 6 heteroatoms. The summed E-state index contributed by atoms with van der Waals surface area (Å²) in [5.41, 5.74) is -0.890. The Bertz CT molecular complexity index is 573. The van der Waals surface area contributed by atoms with Crippen molar-refractivity contribution >= 4 is 17.5 Å². The molecular formula is C16H18ClF2NO2. The lowest BCUT2D eigenvalue weighted by atomic mass is 9.91. The predicted octanol–water partition coefficient (Wildman–Crippen LogP) is 3.06. The molecule has 1 heterocycles. The number of likely N-dealkylation sites (tertiary alicyclic amines) is 1. The van der Waals surface area contributed by atoms with Crippen LogP contribution >= 0.6 is 11.6 Å². The number of hydrogen-bond acceptors (Lipinski definition) is 2. The zero-order chi connectivity index (χ0) is 15.9. The highest BCUT2D eigenvalue weighted by molar-refractivity contribution is 6.30. The molecule has 120 valence electrons. The molecule has 0 spiro atoms. The SMILES string of the molecule is O=C([C@@H]1C[C@H]1c1cccc(Cl)c1)N1CCC(O)(C(F)F)CC1. The van der Waals surface area contributed by atoms with Crippen molar-refractivity contribution in [3.8, 4) is 0 Å². The summed E-state index contributed by atoms with van der Waals surface area (Å²) in [6.45, 7) is 0.386. The average molecular weight is 330 g/mol. The molecule has 2 aliphatic rings. The molecule has 3 rings (SSSR count). The predicted molar refractivity (Wildman–Crippen MR) is 79.1 cm³/mol. The van der Waals surface area contributed by atoms with Gasteiger partial charge in [-0.15, -0.1) is 0 Å². The number of amides is 1. The molecule has 1 N–H and O–H groups in total. The third-order valence-corrected chi connectivity index (χ3v) is 4.97. The zero-order valence-electron chi connectivity index (χ0n) is 12.0. The van der Waals surface area contributed by atoms with Crippen molar-refractivity contribution < 1.29 is 18.7 Å². The lowest BCUT2D eigenvalue weighted by Crippen LogP contribution is -2.50. The Hall–Kier alpha value is -1.20. The summed E-state index contributed by atoms with van der Waals surface area (Å²) >= 11 is 5.96. The largest absolute Gasteiger partial charge is 0.384 e. The molecule has 1 aromatic rings. The Labute approximate surface area is 132 Å². The van der Waals surface area contributed by atoms with Crippen LogP contribution in [0.25, 0.3) is 0 Å². The first-order valence-electron chi connectivity index (χ1n) is 7.45. The molecule has 2 fully saturated rings. The molecule has 0 aromatic heterocycles. The normalized spacial score (nSPS) is 27.0. The smallest absolute Gasteiger partial charge is 0.266 e. The molecule has 22 heavy (non-hydrogen) atoms. The number of hydrogen-bond donors (Lipinski definition) is 1. The maximum atomic E-state index is 12.8. The van der Waals surface area contributed by atoms with E-state index in [1.807, 2.05) is 18.2 Å². The summed E-state index contributed by atoms with van der Waals surface area (Å²) in [6.07, 6.45) is -2.12. The van der Waals surface area contributed by atoms with Gasteiger partial charge in [0.2, 0.25) is 5.91 Å². The Morgan fingerprint density at radius 1 is 1.36 bits per heavy atom. The Balaban J connectivity index is 1.58. The standard InChI is InChI=1S/C16H18ClF2NO2/c17-11-3-1-2-10(8-11)12-9-13(12)14(21)20-6-4-16(22,5-7-20)15(18)19/h1-3,8,12-13,15,22H,4-7,9H2/t12-,13+/m0/s1. The minimum atomic E-state index is -2.76. The molecule has 1 saturated carbocycles. The monoisotopic (exact) mass is 329 g/mol. The third-order valence-electron chi connectivity index (χ3n) is 4.73. The van der Waals surface area contributed by atoms with Crippen molar-refractivity contribution in [1.29, 1.82) is 0 Å². The maximum absolute atomic E-state index is 12.8. The van der Waals surface area contributed by atoms with E-state index in [0.717, 1.165) is 12.0 Å². The minimum Gasteiger partial charge on any atom is -0.384 e. The number of alkyl halides is 2. The first kappa shape index (κ1) is 15.7. The fourth-order valence-electron chi connectivity index (χ4n) is 3.14. The third kappa shape index (κ3) is 2.97. The van der Waals surface area contributed by atoms with Gasteiger partial charge < -0.3 is 10.0 Å².